The predicted octanol–water partition coefficient (Wildman–Crippen LogP) is 3.28. The third-order valence-electron chi connectivity index (χ3n) is 6.72. The van der Waals surface area contributed by atoms with Crippen LogP contribution in [0.2, 0.25) is 0 Å². The summed E-state index contributed by atoms with van der Waals surface area (Å²) in [6, 6.07) is 6.51. The molecule has 2 aliphatic rings. The average molecular weight is 521 g/mol. The van der Waals surface area contributed by atoms with Crippen molar-refractivity contribution in [3.05, 3.63) is 59.2 Å². The number of anilines is 2. The first-order valence-corrected chi connectivity index (χ1v) is 13.3. The summed E-state index contributed by atoms with van der Waals surface area (Å²) in [5, 5.41) is -0.920. The van der Waals surface area contributed by atoms with Gasteiger partial charge in [0.05, 0.1) is 17.5 Å². The van der Waals surface area contributed by atoms with E-state index in [0.29, 0.717) is 36.6 Å². The quantitative estimate of drug-likeness (QED) is 0.605. The number of benzene rings is 2. The van der Waals surface area contributed by atoms with E-state index in [1.165, 1.54) is 13.8 Å². The zero-order valence-electron chi connectivity index (χ0n) is 20.7. The first-order valence-electron chi connectivity index (χ1n) is 11.8. The molecular formula is C25H30F2N4O4S. The van der Waals surface area contributed by atoms with Crippen LogP contribution in [0.5, 0.6) is 0 Å². The van der Waals surface area contributed by atoms with Gasteiger partial charge in [-0.25, -0.2) is 26.3 Å². The largest absolute Gasteiger partial charge is 0.368 e. The molecule has 0 bridgehead atoms. The lowest BCUT2D eigenvalue weighted by atomic mass is 10.1. The van der Waals surface area contributed by atoms with Crippen molar-refractivity contribution >= 4 is 33.3 Å². The van der Waals surface area contributed by atoms with Crippen molar-refractivity contribution in [2.45, 2.75) is 39.0 Å². The smallest absolute Gasteiger partial charge is 0.339 e. The highest BCUT2D eigenvalue weighted by atomic mass is 32.2. The van der Waals surface area contributed by atoms with E-state index in [9.17, 15) is 26.8 Å². The van der Waals surface area contributed by atoms with Gasteiger partial charge in [-0.1, -0.05) is 12.1 Å². The van der Waals surface area contributed by atoms with E-state index in [-0.39, 0.29) is 5.69 Å². The molecule has 2 saturated heterocycles. The Bertz CT molecular complexity index is 1290. The molecule has 11 heteroatoms. The van der Waals surface area contributed by atoms with Crippen LogP contribution in [0.25, 0.3) is 0 Å². The van der Waals surface area contributed by atoms with Crippen LogP contribution in [0.3, 0.4) is 0 Å². The molecule has 0 N–H and O–H groups in total. The molecule has 1 atom stereocenters. The highest BCUT2D eigenvalue weighted by Crippen LogP contribution is 2.32. The summed E-state index contributed by atoms with van der Waals surface area (Å²) in [7, 11) is -4.07. The molecule has 2 heterocycles. The van der Waals surface area contributed by atoms with Crippen molar-refractivity contribution in [1.82, 2.24) is 9.21 Å². The average Bonchev–Trinajstić information content (AvgIpc) is 3.17. The van der Waals surface area contributed by atoms with E-state index in [4.69, 9.17) is 0 Å². The van der Waals surface area contributed by atoms with Gasteiger partial charge in [0.25, 0.3) is 0 Å². The Morgan fingerprint density at radius 1 is 0.972 bits per heavy atom. The molecule has 3 amide bonds. The Morgan fingerprint density at radius 3 is 2.25 bits per heavy atom. The van der Waals surface area contributed by atoms with Crippen LogP contribution >= 0.6 is 0 Å². The van der Waals surface area contributed by atoms with E-state index in [2.05, 4.69) is 11.0 Å². The second-order valence-electron chi connectivity index (χ2n) is 9.49. The van der Waals surface area contributed by atoms with Crippen molar-refractivity contribution in [2.75, 3.05) is 42.5 Å². The summed E-state index contributed by atoms with van der Waals surface area (Å²) in [5.41, 5.74) is 2.99. The minimum Gasteiger partial charge on any atom is -0.368 e. The fourth-order valence-corrected chi connectivity index (χ4v) is 5.78. The number of hydrogen-bond donors (Lipinski definition) is 0. The molecule has 0 saturated carbocycles. The number of carbonyl (C=O) groups is 2. The molecule has 2 aromatic rings. The minimum absolute atomic E-state index is 0.338. The van der Waals surface area contributed by atoms with E-state index in [0.717, 1.165) is 33.8 Å². The Hall–Kier alpha value is -3.21. The minimum atomic E-state index is -4.07. The van der Waals surface area contributed by atoms with Crippen LogP contribution in [0.1, 0.15) is 25.0 Å². The van der Waals surface area contributed by atoms with Crippen LogP contribution in [0.4, 0.5) is 25.0 Å². The molecule has 2 fully saturated rings. The van der Waals surface area contributed by atoms with Crippen LogP contribution in [0.15, 0.2) is 36.4 Å². The first kappa shape index (κ1) is 25.9. The molecule has 4 rings (SSSR count). The monoisotopic (exact) mass is 520 g/mol. The van der Waals surface area contributed by atoms with Gasteiger partial charge in [-0.3, -0.25) is 9.69 Å². The molecule has 2 aromatic carbocycles. The fraction of sp³-hybridized carbons (Fsp3) is 0.440. The highest BCUT2D eigenvalue weighted by molar-refractivity contribution is 7.90. The molecule has 1 unspecified atom stereocenters. The van der Waals surface area contributed by atoms with E-state index in [1.54, 1.807) is 4.90 Å². The van der Waals surface area contributed by atoms with Gasteiger partial charge in [0, 0.05) is 37.9 Å². The predicted molar refractivity (Wildman–Crippen MR) is 133 cm³/mol. The topological polar surface area (TPSA) is 81.2 Å². The van der Waals surface area contributed by atoms with Crippen molar-refractivity contribution < 1.29 is 26.8 Å². The maximum absolute atomic E-state index is 14.7. The second-order valence-corrected chi connectivity index (χ2v) is 11.9. The van der Waals surface area contributed by atoms with Crippen molar-refractivity contribution in [3.63, 3.8) is 0 Å². The summed E-state index contributed by atoms with van der Waals surface area (Å²) in [6.45, 7) is 8.26. The third kappa shape index (κ3) is 4.63. The van der Waals surface area contributed by atoms with Gasteiger partial charge < -0.3 is 9.80 Å². The molecule has 0 aliphatic carbocycles. The third-order valence-corrected chi connectivity index (χ3v) is 8.83. The van der Waals surface area contributed by atoms with Gasteiger partial charge >= 0.3 is 6.03 Å². The Balaban J connectivity index is 1.61. The number of halogens is 2. The number of aryl methyl sites for hydroxylation is 2. The molecule has 36 heavy (non-hydrogen) atoms. The number of sulfonamides is 1. The van der Waals surface area contributed by atoms with Gasteiger partial charge in [0.2, 0.25) is 15.9 Å². The lowest BCUT2D eigenvalue weighted by molar-refractivity contribution is -0.132. The van der Waals surface area contributed by atoms with Crippen molar-refractivity contribution in [3.8, 4) is 0 Å². The SMILES string of the molecule is Cc1ccc(C)c(N2CCN(C(=O)C3CN(S(=O)(=O)C(C)C)C(=O)N3c3ccc(F)cc3F)CC2)c1. The van der Waals surface area contributed by atoms with Crippen LogP contribution < -0.4 is 9.80 Å². The summed E-state index contributed by atoms with van der Waals surface area (Å²) in [5.74, 6) is -2.38. The molecule has 0 radical (unpaired) electrons. The molecular weight excluding hydrogens is 490 g/mol. The van der Waals surface area contributed by atoms with Crippen LogP contribution in [0, 0.1) is 25.5 Å². The van der Waals surface area contributed by atoms with Crippen molar-refractivity contribution in [2.24, 2.45) is 0 Å². The van der Waals surface area contributed by atoms with E-state index < -0.39 is 51.4 Å². The van der Waals surface area contributed by atoms with E-state index >= 15 is 0 Å². The lowest BCUT2D eigenvalue weighted by Gasteiger charge is -2.38. The van der Waals surface area contributed by atoms with Crippen LogP contribution in [-0.4, -0.2) is 73.6 Å². The molecule has 0 aromatic heterocycles. The van der Waals surface area contributed by atoms with Gasteiger partial charge in [0.1, 0.15) is 17.7 Å². The number of amides is 3. The summed E-state index contributed by atoms with van der Waals surface area (Å²) >= 11 is 0. The normalized spacial score (nSPS) is 19.0. The Labute approximate surface area is 210 Å². The van der Waals surface area contributed by atoms with Gasteiger partial charge in [-0.2, -0.15) is 0 Å². The number of nitrogens with zero attached hydrogens (tertiary/aromatic N) is 4. The van der Waals surface area contributed by atoms with Gasteiger partial charge in [0.15, 0.2) is 0 Å². The standard InChI is InChI=1S/C25H30F2N4O4S/c1-16(2)36(34,35)30-15-23(31(25(30)33)21-8-7-19(26)14-20(21)27)24(32)29-11-9-28(10-12-29)22-13-17(3)5-6-18(22)4/h5-8,13-14,16,23H,9-12,15H2,1-4H3. The maximum atomic E-state index is 14.7. The lowest BCUT2D eigenvalue weighted by Crippen LogP contribution is -2.55. The first-order chi connectivity index (χ1) is 16.9. The van der Waals surface area contributed by atoms with Crippen molar-refractivity contribution in [1.29, 1.82) is 0 Å². The highest BCUT2D eigenvalue weighted by Gasteiger charge is 2.50. The summed E-state index contributed by atoms with van der Waals surface area (Å²) in [6.07, 6.45) is 0. The Morgan fingerprint density at radius 2 is 1.64 bits per heavy atom. The number of rotatable bonds is 5. The molecule has 8 nitrogen and oxygen atoms in total. The number of urea groups is 1. The maximum Gasteiger partial charge on any atom is 0.339 e. The summed E-state index contributed by atoms with van der Waals surface area (Å²) < 4.78 is 54.6. The number of piperazine rings is 1. The number of carbonyl (C=O) groups excluding carboxylic acids is 2. The zero-order valence-corrected chi connectivity index (χ0v) is 21.6. The molecule has 0 spiro atoms. The summed E-state index contributed by atoms with van der Waals surface area (Å²) in [4.78, 5) is 31.4. The Kier molecular flexibility index (Phi) is 6.96. The number of hydrogen-bond acceptors (Lipinski definition) is 5. The second kappa shape index (κ2) is 9.68. The van der Waals surface area contributed by atoms with Gasteiger partial charge in [-0.05, 0) is 57.0 Å². The van der Waals surface area contributed by atoms with Gasteiger partial charge in [-0.15, -0.1) is 0 Å². The van der Waals surface area contributed by atoms with E-state index in [1.807, 2.05) is 26.0 Å². The zero-order chi connectivity index (χ0) is 26.4. The van der Waals surface area contributed by atoms with Crippen LogP contribution in [-0.2, 0) is 14.8 Å². The fourth-order valence-electron chi connectivity index (χ4n) is 4.61. The molecule has 194 valence electrons. The molecule has 2 aliphatic heterocycles.